The van der Waals surface area contributed by atoms with Gasteiger partial charge in [-0.25, -0.2) is 14.8 Å². The molecule has 2 aromatic heterocycles. The van der Waals surface area contributed by atoms with Gasteiger partial charge >= 0.3 is 6.03 Å². The zero-order chi connectivity index (χ0) is 19.8. The minimum absolute atomic E-state index is 0.106. The predicted octanol–water partition coefficient (Wildman–Crippen LogP) is 2.12. The highest BCUT2D eigenvalue weighted by Gasteiger charge is 2.40. The van der Waals surface area contributed by atoms with Crippen molar-refractivity contribution < 1.29 is 9.53 Å². The van der Waals surface area contributed by atoms with Gasteiger partial charge in [0.05, 0.1) is 30.6 Å². The van der Waals surface area contributed by atoms with Crippen molar-refractivity contribution in [2.45, 2.75) is 31.9 Å². The van der Waals surface area contributed by atoms with E-state index in [1.165, 1.54) is 0 Å². The zero-order valence-corrected chi connectivity index (χ0v) is 16.5. The molecule has 9 heteroatoms. The number of fused-ring (bicyclic) bond motifs is 4. The number of morpholine rings is 1. The van der Waals surface area contributed by atoms with Gasteiger partial charge in [0.2, 0.25) is 0 Å². The molecular formula is C20H25N7O2. The number of nitrogens with zero attached hydrogens (tertiary/aromatic N) is 6. The molecule has 2 unspecified atom stereocenters. The summed E-state index contributed by atoms with van der Waals surface area (Å²) in [5.41, 5.74) is 1.01. The Bertz CT molecular complexity index is 894. The van der Waals surface area contributed by atoms with E-state index in [1.54, 1.807) is 23.5 Å². The molecule has 0 spiro atoms. The molecule has 0 saturated carbocycles. The Balaban J connectivity index is 1.46. The quantitative estimate of drug-likeness (QED) is 0.852. The minimum Gasteiger partial charge on any atom is -0.375 e. The Labute approximate surface area is 169 Å². The number of aromatic nitrogens is 3. The predicted molar refractivity (Wildman–Crippen MR) is 111 cm³/mol. The smallest absolute Gasteiger partial charge is 0.329 e. The molecule has 2 saturated heterocycles. The van der Waals surface area contributed by atoms with Crippen LogP contribution in [0, 0.1) is 0 Å². The van der Waals surface area contributed by atoms with Crippen molar-refractivity contribution >= 4 is 29.2 Å². The van der Waals surface area contributed by atoms with Crippen LogP contribution < -0.4 is 20.0 Å². The van der Waals surface area contributed by atoms with Gasteiger partial charge in [0.25, 0.3) is 0 Å². The van der Waals surface area contributed by atoms with Gasteiger partial charge in [-0.05, 0) is 25.0 Å². The van der Waals surface area contributed by atoms with Crippen molar-refractivity contribution in [2.75, 3.05) is 52.8 Å². The summed E-state index contributed by atoms with van der Waals surface area (Å²) in [5.74, 6) is 2.05. The summed E-state index contributed by atoms with van der Waals surface area (Å²) in [4.78, 5) is 32.7. The third-order valence-corrected chi connectivity index (χ3v) is 5.87. The van der Waals surface area contributed by atoms with E-state index in [2.05, 4.69) is 44.1 Å². The normalized spacial score (nSPS) is 23.1. The Kier molecular flexibility index (Phi) is 4.67. The number of ether oxygens (including phenoxy) is 1. The van der Waals surface area contributed by atoms with Crippen LogP contribution in [0.25, 0.3) is 0 Å². The molecule has 0 aliphatic carbocycles. The lowest BCUT2D eigenvalue weighted by Crippen LogP contribution is -2.49. The number of carbonyl (C=O) groups excluding carboxylic acids is 1. The van der Waals surface area contributed by atoms with E-state index >= 15 is 0 Å². The minimum atomic E-state index is -0.212. The molecule has 0 radical (unpaired) electrons. The molecule has 0 aromatic carbocycles. The Morgan fingerprint density at radius 3 is 3.00 bits per heavy atom. The number of carbonyl (C=O) groups is 1. The van der Waals surface area contributed by atoms with Crippen molar-refractivity contribution in [3.8, 4) is 0 Å². The fourth-order valence-corrected chi connectivity index (χ4v) is 4.35. The summed E-state index contributed by atoms with van der Waals surface area (Å²) in [6, 6.07) is 4.05. The highest BCUT2D eigenvalue weighted by molar-refractivity contribution is 6.04. The number of amides is 2. The molecule has 3 aliphatic heterocycles. The molecule has 2 fully saturated rings. The first-order valence-corrected chi connectivity index (χ1v) is 10.2. The Hall–Kier alpha value is -2.94. The molecule has 152 valence electrons. The molecule has 5 heterocycles. The van der Waals surface area contributed by atoms with Crippen LogP contribution >= 0.6 is 0 Å². The first kappa shape index (κ1) is 18.1. The van der Waals surface area contributed by atoms with Crippen LogP contribution in [0.2, 0.25) is 0 Å². The molecule has 29 heavy (non-hydrogen) atoms. The van der Waals surface area contributed by atoms with Crippen molar-refractivity contribution in [3.63, 3.8) is 0 Å². The zero-order valence-electron chi connectivity index (χ0n) is 16.5. The van der Waals surface area contributed by atoms with Crippen LogP contribution in [-0.4, -0.2) is 65.9 Å². The second-order valence-corrected chi connectivity index (χ2v) is 7.64. The van der Waals surface area contributed by atoms with Crippen LogP contribution in [0.4, 0.5) is 27.9 Å². The van der Waals surface area contributed by atoms with Crippen molar-refractivity contribution in [1.29, 1.82) is 0 Å². The summed E-state index contributed by atoms with van der Waals surface area (Å²) in [6.07, 6.45) is 6.82. The average molecular weight is 395 g/mol. The lowest BCUT2D eigenvalue weighted by Gasteiger charge is -2.38. The number of nitrogens with one attached hydrogen (secondary N) is 1. The summed E-state index contributed by atoms with van der Waals surface area (Å²) < 4.78 is 5.80. The van der Waals surface area contributed by atoms with Crippen LogP contribution in [0.5, 0.6) is 0 Å². The average Bonchev–Trinajstić information content (AvgIpc) is 3.18. The van der Waals surface area contributed by atoms with E-state index < -0.39 is 0 Å². The summed E-state index contributed by atoms with van der Waals surface area (Å²) in [6.45, 7) is 6.23. The van der Waals surface area contributed by atoms with Gasteiger partial charge in [-0.2, -0.15) is 0 Å². The van der Waals surface area contributed by atoms with Crippen LogP contribution in [0.3, 0.4) is 0 Å². The molecule has 2 bridgehead atoms. The van der Waals surface area contributed by atoms with Gasteiger partial charge in [0.15, 0.2) is 11.6 Å². The molecule has 1 N–H and O–H groups in total. The summed E-state index contributed by atoms with van der Waals surface area (Å²) >= 11 is 0. The van der Waals surface area contributed by atoms with E-state index in [0.29, 0.717) is 12.4 Å². The second-order valence-electron chi connectivity index (χ2n) is 7.64. The van der Waals surface area contributed by atoms with E-state index in [9.17, 15) is 4.79 Å². The topological polar surface area (TPSA) is 86.7 Å². The van der Waals surface area contributed by atoms with E-state index in [-0.39, 0.29) is 18.2 Å². The highest BCUT2D eigenvalue weighted by Crippen LogP contribution is 2.40. The van der Waals surface area contributed by atoms with Crippen molar-refractivity contribution in [3.05, 3.63) is 30.7 Å². The fraction of sp³-hybridized carbons (Fsp3) is 0.500. The van der Waals surface area contributed by atoms with Crippen molar-refractivity contribution in [2.24, 2.45) is 0 Å². The largest absolute Gasteiger partial charge is 0.375 e. The van der Waals surface area contributed by atoms with Gasteiger partial charge < -0.3 is 14.5 Å². The second kappa shape index (κ2) is 7.47. The fourth-order valence-electron chi connectivity index (χ4n) is 4.35. The number of hydrogen-bond acceptors (Lipinski definition) is 7. The number of pyridine rings is 1. The first-order chi connectivity index (χ1) is 14.2. The first-order valence-electron chi connectivity index (χ1n) is 10.2. The molecule has 2 atom stereocenters. The third kappa shape index (κ3) is 3.35. The van der Waals surface area contributed by atoms with Gasteiger partial charge in [-0.3, -0.25) is 15.2 Å². The lowest BCUT2D eigenvalue weighted by molar-refractivity contribution is 0.0382. The van der Waals surface area contributed by atoms with E-state index in [1.807, 2.05) is 0 Å². The lowest BCUT2D eigenvalue weighted by atomic mass is 10.1. The summed E-state index contributed by atoms with van der Waals surface area (Å²) in [7, 11) is 0. The molecule has 9 nitrogen and oxygen atoms in total. The van der Waals surface area contributed by atoms with E-state index in [4.69, 9.17) is 9.72 Å². The Morgan fingerprint density at radius 2 is 2.17 bits per heavy atom. The molecule has 2 aromatic rings. The SMILES string of the molecule is CCC1CN(c2ccc3c(n2)N(C(=O)Nc2cnccn2)C2CCN3C2)CCO1. The molecule has 2 amide bonds. The van der Waals surface area contributed by atoms with Crippen LogP contribution in [0.15, 0.2) is 30.7 Å². The highest BCUT2D eigenvalue weighted by atomic mass is 16.5. The van der Waals surface area contributed by atoms with E-state index in [0.717, 1.165) is 56.3 Å². The maximum absolute atomic E-state index is 13.2. The number of urea groups is 1. The van der Waals surface area contributed by atoms with Crippen molar-refractivity contribution in [1.82, 2.24) is 15.0 Å². The Morgan fingerprint density at radius 1 is 1.24 bits per heavy atom. The van der Waals surface area contributed by atoms with Gasteiger partial charge in [-0.15, -0.1) is 0 Å². The maximum Gasteiger partial charge on any atom is 0.329 e. The molecule has 5 rings (SSSR count). The third-order valence-electron chi connectivity index (χ3n) is 5.87. The monoisotopic (exact) mass is 395 g/mol. The standard InChI is InChI=1S/C20H25N7O2/c1-2-15-13-26(9-10-29-15)18-4-3-16-19(24-18)27(14-5-8-25(16)12-14)20(28)23-17-11-21-6-7-22-17/h3-4,6-7,11,14-15H,2,5,8-10,12-13H2,1H3,(H,22,23,28). The molecule has 3 aliphatic rings. The van der Waals surface area contributed by atoms with Crippen LogP contribution in [-0.2, 0) is 4.74 Å². The number of hydrogen-bond donors (Lipinski definition) is 1. The number of rotatable bonds is 3. The summed E-state index contributed by atoms with van der Waals surface area (Å²) in [5, 5.41) is 2.87. The van der Waals surface area contributed by atoms with Gasteiger partial charge in [0, 0.05) is 38.6 Å². The molecular weight excluding hydrogens is 370 g/mol. The van der Waals surface area contributed by atoms with Gasteiger partial charge in [0.1, 0.15) is 5.82 Å². The van der Waals surface area contributed by atoms with Crippen LogP contribution in [0.1, 0.15) is 19.8 Å². The maximum atomic E-state index is 13.2. The van der Waals surface area contributed by atoms with Gasteiger partial charge in [-0.1, -0.05) is 6.92 Å². The number of anilines is 4.